The Morgan fingerprint density at radius 2 is 1.75 bits per heavy atom. The molecule has 0 aliphatic carbocycles. The Morgan fingerprint density at radius 3 is 2.19 bits per heavy atom. The minimum atomic E-state index is -0.154. The lowest BCUT2D eigenvalue weighted by atomic mass is 10.0. The summed E-state index contributed by atoms with van der Waals surface area (Å²) in [6.07, 6.45) is 0. The first kappa shape index (κ1) is 12.4. The van der Waals surface area contributed by atoms with Crippen molar-refractivity contribution in [1.82, 2.24) is 5.43 Å². The van der Waals surface area contributed by atoms with Gasteiger partial charge >= 0.3 is 0 Å². The predicted molar refractivity (Wildman–Crippen MR) is 66.6 cm³/mol. The zero-order valence-electron chi connectivity index (χ0n) is 10.2. The van der Waals surface area contributed by atoms with E-state index in [4.69, 9.17) is 0 Å². The van der Waals surface area contributed by atoms with Gasteiger partial charge in [-0.1, -0.05) is 38.1 Å². The summed E-state index contributed by atoms with van der Waals surface area (Å²) in [6, 6.07) is 8.23. The second kappa shape index (κ2) is 5.45. The van der Waals surface area contributed by atoms with Crippen LogP contribution in [-0.4, -0.2) is 11.6 Å². The van der Waals surface area contributed by atoms with E-state index in [0.29, 0.717) is 5.92 Å². The predicted octanol–water partition coefficient (Wildman–Crippen LogP) is 2.67. The van der Waals surface area contributed by atoms with E-state index in [2.05, 4.69) is 36.5 Å². The molecule has 16 heavy (non-hydrogen) atoms. The van der Waals surface area contributed by atoms with Crippen LogP contribution in [0.4, 0.5) is 0 Å². The number of amides is 1. The number of rotatable bonds is 3. The van der Waals surface area contributed by atoms with Gasteiger partial charge in [-0.15, -0.1) is 0 Å². The van der Waals surface area contributed by atoms with Gasteiger partial charge in [0.05, 0.1) is 5.71 Å². The minimum absolute atomic E-state index is 0.154. The molecule has 1 N–H and O–H groups in total. The number of hydrogen-bond acceptors (Lipinski definition) is 2. The zero-order valence-corrected chi connectivity index (χ0v) is 10.2. The van der Waals surface area contributed by atoms with Gasteiger partial charge in [-0.3, -0.25) is 4.79 Å². The van der Waals surface area contributed by atoms with E-state index in [1.807, 2.05) is 19.1 Å². The van der Waals surface area contributed by atoms with Gasteiger partial charge in [-0.05, 0) is 24.0 Å². The van der Waals surface area contributed by atoms with Crippen molar-refractivity contribution in [2.24, 2.45) is 5.10 Å². The molecule has 86 valence electrons. The third-order valence-electron chi connectivity index (χ3n) is 2.38. The van der Waals surface area contributed by atoms with Crippen LogP contribution >= 0.6 is 0 Å². The second-order valence-corrected chi connectivity index (χ2v) is 4.14. The molecule has 1 amide bonds. The Bertz CT molecular complexity index is 391. The standard InChI is InChI=1S/C13H18N2O/c1-9(2)12-5-7-13(8-6-12)10(3)14-15-11(4)16/h5-9H,1-4H3,(H,15,16)/b14-10-. The second-order valence-electron chi connectivity index (χ2n) is 4.14. The third-order valence-corrected chi connectivity index (χ3v) is 2.38. The highest BCUT2D eigenvalue weighted by Gasteiger charge is 2.01. The van der Waals surface area contributed by atoms with Crippen molar-refractivity contribution < 1.29 is 4.79 Å². The van der Waals surface area contributed by atoms with Crippen molar-refractivity contribution in [3.05, 3.63) is 35.4 Å². The molecule has 0 aliphatic heterocycles. The van der Waals surface area contributed by atoms with E-state index in [9.17, 15) is 4.79 Å². The molecule has 0 fully saturated rings. The van der Waals surface area contributed by atoms with Crippen molar-refractivity contribution in [2.45, 2.75) is 33.6 Å². The first-order chi connectivity index (χ1) is 7.50. The van der Waals surface area contributed by atoms with Crippen LogP contribution in [-0.2, 0) is 4.79 Å². The van der Waals surface area contributed by atoms with Gasteiger partial charge in [0, 0.05) is 6.92 Å². The van der Waals surface area contributed by atoms with E-state index < -0.39 is 0 Å². The van der Waals surface area contributed by atoms with Crippen LogP contribution in [0.5, 0.6) is 0 Å². The van der Waals surface area contributed by atoms with Crippen molar-refractivity contribution in [3.63, 3.8) is 0 Å². The molecule has 0 saturated carbocycles. The van der Waals surface area contributed by atoms with Crippen LogP contribution in [0.25, 0.3) is 0 Å². The lowest BCUT2D eigenvalue weighted by molar-refractivity contribution is -0.118. The normalized spacial score (nSPS) is 11.7. The SMILES string of the molecule is CC(=O)N/N=C(/C)c1ccc(C(C)C)cc1. The summed E-state index contributed by atoms with van der Waals surface area (Å²) in [7, 11) is 0. The summed E-state index contributed by atoms with van der Waals surface area (Å²) >= 11 is 0. The van der Waals surface area contributed by atoms with Crippen LogP contribution in [0.15, 0.2) is 29.4 Å². The monoisotopic (exact) mass is 218 g/mol. The average molecular weight is 218 g/mol. The molecule has 0 heterocycles. The number of benzene rings is 1. The number of carbonyl (C=O) groups excluding carboxylic acids is 1. The number of carbonyl (C=O) groups is 1. The first-order valence-electron chi connectivity index (χ1n) is 5.42. The maximum Gasteiger partial charge on any atom is 0.236 e. The molecule has 1 aromatic rings. The molecule has 3 heteroatoms. The molecular weight excluding hydrogens is 200 g/mol. The van der Waals surface area contributed by atoms with Gasteiger partial charge in [0.2, 0.25) is 5.91 Å². The number of nitrogens with one attached hydrogen (secondary N) is 1. The molecule has 0 radical (unpaired) electrons. The lowest BCUT2D eigenvalue weighted by Crippen LogP contribution is -2.15. The van der Waals surface area contributed by atoms with Crippen LogP contribution in [0.2, 0.25) is 0 Å². The fraction of sp³-hybridized carbons (Fsp3) is 0.385. The summed E-state index contributed by atoms with van der Waals surface area (Å²) in [5.74, 6) is 0.375. The fourth-order valence-electron chi connectivity index (χ4n) is 1.34. The zero-order chi connectivity index (χ0) is 12.1. The molecule has 0 unspecified atom stereocenters. The number of hydrazone groups is 1. The van der Waals surface area contributed by atoms with Gasteiger partial charge < -0.3 is 0 Å². The van der Waals surface area contributed by atoms with Gasteiger partial charge in [-0.25, -0.2) is 5.43 Å². The van der Waals surface area contributed by atoms with Crippen LogP contribution in [0, 0.1) is 0 Å². The van der Waals surface area contributed by atoms with Crippen molar-refractivity contribution >= 4 is 11.6 Å². The number of hydrogen-bond donors (Lipinski definition) is 1. The largest absolute Gasteiger partial charge is 0.274 e. The fourth-order valence-corrected chi connectivity index (χ4v) is 1.34. The van der Waals surface area contributed by atoms with Crippen LogP contribution in [0.1, 0.15) is 44.7 Å². The topological polar surface area (TPSA) is 41.5 Å². The van der Waals surface area contributed by atoms with Gasteiger partial charge in [0.25, 0.3) is 0 Å². The Balaban J connectivity index is 2.81. The maximum absolute atomic E-state index is 10.7. The first-order valence-corrected chi connectivity index (χ1v) is 5.42. The van der Waals surface area contributed by atoms with Crippen LogP contribution in [0.3, 0.4) is 0 Å². The summed E-state index contributed by atoms with van der Waals surface area (Å²) in [5.41, 5.74) is 5.57. The van der Waals surface area contributed by atoms with Crippen molar-refractivity contribution in [3.8, 4) is 0 Å². The highest BCUT2D eigenvalue weighted by Crippen LogP contribution is 2.14. The van der Waals surface area contributed by atoms with E-state index in [-0.39, 0.29) is 5.91 Å². The van der Waals surface area contributed by atoms with E-state index >= 15 is 0 Å². The molecule has 0 aromatic heterocycles. The molecule has 0 atom stereocenters. The molecule has 0 aliphatic rings. The maximum atomic E-state index is 10.7. The molecule has 0 spiro atoms. The minimum Gasteiger partial charge on any atom is -0.274 e. The average Bonchev–Trinajstić information content (AvgIpc) is 2.26. The number of nitrogens with zero attached hydrogens (tertiary/aromatic N) is 1. The van der Waals surface area contributed by atoms with Crippen molar-refractivity contribution in [1.29, 1.82) is 0 Å². The summed E-state index contributed by atoms with van der Waals surface area (Å²) in [4.78, 5) is 10.7. The summed E-state index contributed by atoms with van der Waals surface area (Å²) in [5, 5.41) is 3.99. The molecule has 3 nitrogen and oxygen atoms in total. The smallest absolute Gasteiger partial charge is 0.236 e. The van der Waals surface area contributed by atoms with E-state index in [1.54, 1.807) is 0 Å². The lowest BCUT2D eigenvalue weighted by Gasteiger charge is -2.06. The highest BCUT2D eigenvalue weighted by atomic mass is 16.2. The van der Waals surface area contributed by atoms with E-state index in [1.165, 1.54) is 12.5 Å². The summed E-state index contributed by atoms with van der Waals surface area (Å²) < 4.78 is 0. The van der Waals surface area contributed by atoms with E-state index in [0.717, 1.165) is 11.3 Å². The van der Waals surface area contributed by atoms with Gasteiger partial charge in [-0.2, -0.15) is 5.10 Å². The van der Waals surface area contributed by atoms with Gasteiger partial charge in [0.1, 0.15) is 0 Å². The highest BCUT2D eigenvalue weighted by molar-refractivity contribution is 5.99. The Kier molecular flexibility index (Phi) is 4.23. The molecule has 0 bridgehead atoms. The molecule has 0 saturated heterocycles. The Labute approximate surface area is 96.6 Å². The summed E-state index contributed by atoms with van der Waals surface area (Å²) in [6.45, 7) is 7.64. The van der Waals surface area contributed by atoms with Gasteiger partial charge in [0.15, 0.2) is 0 Å². The third kappa shape index (κ3) is 3.50. The molecular formula is C13H18N2O. The van der Waals surface area contributed by atoms with Crippen molar-refractivity contribution in [2.75, 3.05) is 0 Å². The Morgan fingerprint density at radius 1 is 1.19 bits per heavy atom. The molecule has 1 rings (SSSR count). The molecule has 1 aromatic carbocycles. The Hall–Kier alpha value is -1.64. The van der Waals surface area contributed by atoms with Crippen LogP contribution < -0.4 is 5.43 Å². The quantitative estimate of drug-likeness (QED) is 0.615.